The molecule has 7 heteroatoms. The first-order valence-corrected chi connectivity index (χ1v) is 9.27. The number of nitrogens with zero attached hydrogens (tertiary/aromatic N) is 1. The summed E-state index contributed by atoms with van der Waals surface area (Å²) >= 11 is 1.38. The Kier molecular flexibility index (Phi) is 5.67. The molecule has 1 aromatic carbocycles. The summed E-state index contributed by atoms with van der Waals surface area (Å²) in [7, 11) is 0. The standard InChI is InChI=1S/C18H23N3O3S/c1-3-24-14-6-4-12(5-7-14)18-21-11(2)16(25-18)17(23)20-9-13-8-19-10-15(13)22/h4-7,13,15,19,22H,3,8-10H2,1-2H3,(H,20,23). The third kappa shape index (κ3) is 4.18. The molecular formula is C18H23N3O3S. The van der Waals surface area contributed by atoms with E-state index in [-0.39, 0.29) is 11.8 Å². The maximum atomic E-state index is 12.5. The van der Waals surface area contributed by atoms with Crippen molar-refractivity contribution in [1.29, 1.82) is 0 Å². The van der Waals surface area contributed by atoms with Crippen LogP contribution < -0.4 is 15.4 Å². The van der Waals surface area contributed by atoms with E-state index in [0.29, 0.717) is 24.6 Å². The molecule has 0 spiro atoms. The maximum absolute atomic E-state index is 12.5. The van der Waals surface area contributed by atoms with E-state index in [1.807, 2.05) is 38.1 Å². The van der Waals surface area contributed by atoms with Gasteiger partial charge in [-0.05, 0) is 38.1 Å². The molecule has 6 nitrogen and oxygen atoms in total. The van der Waals surface area contributed by atoms with E-state index in [2.05, 4.69) is 15.6 Å². The molecule has 0 radical (unpaired) electrons. The van der Waals surface area contributed by atoms with Crippen LogP contribution in [0.2, 0.25) is 0 Å². The van der Waals surface area contributed by atoms with Crippen molar-refractivity contribution in [2.24, 2.45) is 5.92 Å². The lowest BCUT2D eigenvalue weighted by Crippen LogP contribution is -2.34. The Morgan fingerprint density at radius 1 is 1.40 bits per heavy atom. The van der Waals surface area contributed by atoms with Crippen LogP contribution in [0.1, 0.15) is 22.3 Å². The number of amides is 1. The highest BCUT2D eigenvalue weighted by Crippen LogP contribution is 2.29. The van der Waals surface area contributed by atoms with Gasteiger partial charge in [0, 0.05) is 31.1 Å². The van der Waals surface area contributed by atoms with E-state index < -0.39 is 6.10 Å². The number of hydrogen-bond acceptors (Lipinski definition) is 6. The van der Waals surface area contributed by atoms with E-state index in [9.17, 15) is 9.90 Å². The fourth-order valence-electron chi connectivity index (χ4n) is 2.82. The second-order valence-corrected chi connectivity index (χ2v) is 7.09. The number of ether oxygens (including phenoxy) is 1. The van der Waals surface area contributed by atoms with Crippen LogP contribution in [0.4, 0.5) is 0 Å². The highest BCUT2D eigenvalue weighted by Gasteiger charge is 2.26. The van der Waals surface area contributed by atoms with Gasteiger partial charge in [-0.2, -0.15) is 0 Å². The van der Waals surface area contributed by atoms with Gasteiger partial charge >= 0.3 is 0 Å². The molecule has 3 rings (SSSR count). The maximum Gasteiger partial charge on any atom is 0.263 e. The van der Waals surface area contributed by atoms with Crippen molar-refractivity contribution in [1.82, 2.24) is 15.6 Å². The number of carbonyl (C=O) groups excluding carboxylic acids is 1. The van der Waals surface area contributed by atoms with E-state index in [1.54, 1.807) is 0 Å². The van der Waals surface area contributed by atoms with E-state index in [4.69, 9.17) is 4.74 Å². The highest BCUT2D eigenvalue weighted by molar-refractivity contribution is 7.17. The number of carbonyl (C=O) groups is 1. The van der Waals surface area contributed by atoms with Crippen LogP contribution in [0.5, 0.6) is 5.75 Å². The number of aromatic nitrogens is 1. The summed E-state index contributed by atoms with van der Waals surface area (Å²) in [5, 5.41) is 16.6. The number of β-amino-alcohol motifs (C(OH)–C–C–N with tert-alkyl or cyclic N) is 1. The Hall–Kier alpha value is -1.96. The number of rotatable bonds is 6. The highest BCUT2D eigenvalue weighted by atomic mass is 32.1. The lowest BCUT2D eigenvalue weighted by molar-refractivity contribution is 0.0930. The summed E-state index contributed by atoms with van der Waals surface area (Å²) in [4.78, 5) is 17.6. The molecule has 1 fully saturated rings. The number of aryl methyl sites for hydroxylation is 1. The zero-order valence-corrected chi connectivity index (χ0v) is 15.2. The minimum atomic E-state index is -0.401. The third-order valence-electron chi connectivity index (χ3n) is 4.24. The van der Waals surface area contributed by atoms with Gasteiger partial charge in [0.25, 0.3) is 5.91 Å². The van der Waals surface area contributed by atoms with Gasteiger partial charge in [0.2, 0.25) is 0 Å². The van der Waals surface area contributed by atoms with E-state index in [1.165, 1.54) is 11.3 Å². The van der Waals surface area contributed by atoms with Crippen LogP contribution in [0.3, 0.4) is 0 Å². The summed E-state index contributed by atoms with van der Waals surface area (Å²) in [5.74, 6) is 0.746. The van der Waals surface area contributed by atoms with Crippen molar-refractivity contribution in [3.05, 3.63) is 34.8 Å². The molecule has 1 aromatic heterocycles. The largest absolute Gasteiger partial charge is 0.494 e. The van der Waals surface area contributed by atoms with Gasteiger partial charge < -0.3 is 20.5 Å². The van der Waals surface area contributed by atoms with Crippen LogP contribution >= 0.6 is 11.3 Å². The quantitative estimate of drug-likeness (QED) is 0.731. The molecule has 0 saturated carbocycles. The number of benzene rings is 1. The van der Waals surface area contributed by atoms with Gasteiger partial charge in [-0.3, -0.25) is 4.79 Å². The second kappa shape index (κ2) is 7.95. The van der Waals surface area contributed by atoms with Crippen LogP contribution in [-0.4, -0.2) is 48.3 Å². The number of thiazole rings is 1. The molecule has 1 aliphatic rings. The van der Waals surface area contributed by atoms with Gasteiger partial charge in [-0.1, -0.05) is 0 Å². The molecule has 0 aliphatic carbocycles. The summed E-state index contributed by atoms with van der Waals surface area (Å²) in [6.07, 6.45) is -0.401. The van der Waals surface area contributed by atoms with Crippen LogP contribution in [0.15, 0.2) is 24.3 Å². The van der Waals surface area contributed by atoms with Gasteiger partial charge in [0.1, 0.15) is 15.6 Å². The van der Waals surface area contributed by atoms with Crippen molar-refractivity contribution >= 4 is 17.2 Å². The Labute approximate surface area is 151 Å². The van der Waals surface area contributed by atoms with Crippen molar-refractivity contribution in [3.8, 4) is 16.3 Å². The fourth-order valence-corrected chi connectivity index (χ4v) is 3.81. The fraction of sp³-hybridized carbons (Fsp3) is 0.444. The molecule has 2 aromatic rings. The number of aliphatic hydroxyl groups is 1. The van der Waals surface area contributed by atoms with E-state index in [0.717, 1.165) is 28.6 Å². The predicted molar refractivity (Wildman–Crippen MR) is 98.2 cm³/mol. The van der Waals surface area contributed by atoms with Gasteiger partial charge in [0.05, 0.1) is 18.4 Å². The minimum absolute atomic E-state index is 0.0581. The molecule has 2 unspecified atom stereocenters. The molecule has 3 N–H and O–H groups in total. The SMILES string of the molecule is CCOc1ccc(-c2nc(C)c(C(=O)NCC3CNCC3O)s2)cc1. The lowest BCUT2D eigenvalue weighted by atomic mass is 10.1. The molecule has 2 heterocycles. The first-order chi connectivity index (χ1) is 12.1. The van der Waals surface area contributed by atoms with Crippen molar-refractivity contribution < 1.29 is 14.6 Å². The van der Waals surface area contributed by atoms with Gasteiger partial charge in [-0.15, -0.1) is 11.3 Å². The van der Waals surface area contributed by atoms with E-state index >= 15 is 0 Å². The second-order valence-electron chi connectivity index (χ2n) is 6.09. The molecule has 1 amide bonds. The Morgan fingerprint density at radius 3 is 2.80 bits per heavy atom. The topological polar surface area (TPSA) is 83.5 Å². The molecule has 25 heavy (non-hydrogen) atoms. The summed E-state index contributed by atoms with van der Waals surface area (Å²) < 4.78 is 5.45. The summed E-state index contributed by atoms with van der Waals surface area (Å²) in [6, 6.07) is 7.71. The zero-order valence-electron chi connectivity index (χ0n) is 14.4. The lowest BCUT2D eigenvalue weighted by Gasteiger charge is -2.13. The Balaban J connectivity index is 1.67. The molecular weight excluding hydrogens is 338 g/mol. The normalized spacial score (nSPS) is 19.8. The molecule has 1 aliphatic heterocycles. The van der Waals surface area contributed by atoms with Crippen molar-refractivity contribution in [2.75, 3.05) is 26.2 Å². The smallest absolute Gasteiger partial charge is 0.263 e. The average Bonchev–Trinajstić information content (AvgIpc) is 3.19. The van der Waals surface area contributed by atoms with Crippen LogP contribution in [0.25, 0.3) is 10.6 Å². The molecule has 2 atom stereocenters. The van der Waals surface area contributed by atoms with Crippen molar-refractivity contribution in [2.45, 2.75) is 20.0 Å². The number of hydrogen-bond donors (Lipinski definition) is 3. The average molecular weight is 361 g/mol. The first kappa shape index (κ1) is 17.8. The molecule has 0 bridgehead atoms. The monoisotopic (exact) mass is 361 g/mol. The van der Waals surface area contributed by atoms with Crippen molar-refractivity contribution in [3.63, 3.8) is 0 Å². The Bertz CT molecular complexity index is 730. The zero-order chi connectivity index (χ0) is 17.8. The first-order valence-electron chi connectivity index (χ1n) is 8.46. The minimum Gasteiger partial charge on any atom is -0.494 e. The predicted octanol–water partition coefficient (Wildman–Crippen LogP) is 1.83. The number of aliphatic hydroxyl groups excluding tert-OH is 1. The molecule has 1 saturated heterocycles. The van der Waals surface area contributed by atoms with Gasteiger partial charge in [-0.25, -0.2) is 4.98 Å². The number of nitrogens with one attached hydrogen (secondary N) is 2. The third-order valence-corrected chi connectivity index (χ3v) is 5.45. The van der Waals surface area contributed by atoms with Crippen LogP contribution in [0, 0.1) is 12.8 Å². The molecule has 134 valence electrons. The van der Waals surface area contributed by atoms with Crippen LogP contribution in [-0.2, 0) is 0 Å². The Morgan fingerprint density at radius 2 is 2.16 bits per heavy atom. The summed E-state index contributed by atoms with van der Waals surface area (Å²) in [6.45, 7) is 6.19. The van der Waals surface area contributed by atoms with Gasteiger partial charge in [0.15, 0.2) is 0 Å². The summed E-state index contributed by atoms with van der Waals surface area (Å²) in [5.41, 5.74) is 1.68.